The molecule has 0 saturated heterocycles. The average Bonchev–Trinajstić information content (AvgIpc) is 2.85. The first-order valence-electron chi connectivity index (χ1n) is 5.76. The summed E-state index contributed by atoms with van der Waals surface area (Å²) in [6, 6.07) is 5.96. The Morgan fingerprint density at radius 2 is 1.83 bits per heavy atom. The molecule has 92 valence electrons. The molecule has 0 radical (unpaired) electrons. The third-order valence-corrected chi connectivity index (χ3v) is 2.80. The molecule has 0 spiro atoms. The third kappa shape index (κ3) is 2.20. The van der Waals surface area contributed by atoms with Crippen molar-refractivity contribution in [3.63, 3.8) is 0 Å². The van der Waals surface area contributed by atoms with Crippen molar-refractivity contribution < 1.29 is 9.47 Å². The highest BCUT2D eigenvalue weighted by Gasteiger charge is 2.13. The van der Waals surface area contributed by atoms with Crippen LogP contribution in [0.2, 0.25) is 0 Å². The van der Waals surface area contributed by atoms with Gasteiger partial charge in [-0.3, -0.25) is 0 Å². The standard InChI is InChI=1S/C13H13N3O2/c14-10-6-15-13(16-7-10)4-2-9-1-3-11-12(5-9)18-8-17-11/h1,3,5-7H,2,4,8,14H2. The Morgan fingerprint density at radius 3 is 2.67 bits per heavy atom. The molecule has 3 rings (SSSR count). The van der Waals surface area contributed by atoms with Gasteiger partial charge in [-0.05, 0) is 24.1 Å². The van der Waals surface area contributed by atoms with E-state index in [2.05, 4.69) is 9.97 Å². The van der Waals surface area contributed by atoms with Gasteiger partial charge < -0.3 is 15.2 Å². The van der Waals surface area contributed by atoms with Crippen LogP contribution >= 0.6 is 0 Å². The Labute approximate surface area is 105 Å². The molecule has 5 heteroatoms. The lowest BCUT2D eigenvalue weighted by Gasteiger charge is -2.03. The van der Waals surface area contributed by atoms with Crippen molar-refractivity contribution in [2.45, 2.75) is 12.8 Å². The minimum absolute atomic E-state index is 0.305. The van der Waals surface area contributed by atoms with Crippen LogP contribution in [0.5, 0.6) is 11.5 Å². The fourth-order valence-electron chi connectivity index (χ4n) is 1.85. The van der Waals surface area contributed by atoms with Gasteiger partial charge in [0.25, 0.3) is 0 Å². The quantitative estimate of drug-likeness (QED) is 0.886. The summed E-state index contributed by atoms with van der Waals surface area (Å²) in [6.45, 7) is 0.305. The summed E-state index contributed by atoms with van der Waals surface area (Å²) >= 11 is 0. The molecule has 1 aliphatic heterocycles. The maximum absolute atomic E-state index is 5.54. The second kappa shape index (κ2) is 4.52. The summed E-state index contributed by atoms with van der Waals surface area (Å²) in [4.78, 5) is 8.35. The molecule has 2 heterocycles. The highest BCUT2D eigenvalue weighted by Crippen LogP contribution is 2.32. The first-order valence-corrected chi connectivity index (χ1v) is 5.76. The van der Waals surface area contributed by atoms with E-state index in [0.717, 1.165) is 30.2 Å². The lowest BCUT2D eigenvalue weighted by atomic mass is 10.1. The Balaban J connectivity index is 1.68. The number of aromatic nitrogens is 2. The van der Waals surface area contributed by atoms with Crippen molar-refractivity contribution in [3.8, 4) is 11.5 Å². The first kappa shape index (κ1) is 10.8. The number of nitrogens with two attached hydrogens (primary N) is 1. The van der Waals surface area contributed by atoms with Crippen LogP contribution in [0, 0.1) is 0 Å². The van der Waals surface area contributed by atoms with Crippen LogP contribution in [-0.4, -0.2) is 16.8 Å². The number of ether oxygens (including phenoxy) is 2. The van der Waals surface area contributed by atoms with Gasteiger partial charge in [-0.15, -0.1) is 0 Å². The number of hydrogen-bond acceptors (Lipinski definition) is 5. The van der Waals surface area contributed by atoms with E-state index >= 15 is 0 Å². The number of hydrogen-bond donors (Lipinski definition) is 1. The van der Waals surface area contributed by atoms with Crippen LogP contribution < -0.4 is 15.2 Å². The zero-order valence-electron chi connectivity index (χ0n) is 9.80. The summed E-state index contributed by atoms with van der Waals surface area (Å²) in [5.74, 6) is 2.41. The van der Waals surface area contributed by atoms with Gasteiger partial charge in [-0.2, -0.15) is 0 Å². The molecule has 0 bridgehead atoms. The predicted molar refractivity (Wildman–Crippen MR) is 66.4 cm³/mol. The summed E-state index contributed by atoms with van der Waals surface area (Å²) < 4.78 is 10.6. The van der Waals surface area contributed by atoms with E-state index in [9.17, 15) is 0 Å². The number of rotatable bonds is 3. The minimum Gasteiger partial charge on any atom is -0.454 e. The molecule has 1 aliphatic rings. The van der Waals surface area contributed by atoms with Crippen molar-refractivity contribution in [3.05, 3.63) is 42.0 Å². The molecule has 0 amide bonds. The van der Waals surface area contributed by atoms with Gasteiger partial charge in [0, 0.05) is 6.42 Å². The summed E-state index contributed by atoms with van der Waals surface area (Å²) in [7, 11) is 0. The van der Waals surface area contributed by atoms with Crippen molar-refractivity contribution >= 4 is 5.69 Å². The van der Waals surface area contributed by atoms with Gasteiger partial charge >= 0.3 is 0 Å². The second-order valence-corrected chi connectivity index (χ2v) is 4.12. The number of fused-ring (bicyclic) bond motifs is 1. The maximum atomic E-state index is 5.54. The summed E-state index contributed by atoms with van der Waals surface area (Å²) in [5.41, 5.74) is 7.31. The lowest BCUT2D eigenvalue weighted by molar-refractivity contribution is 0.174. The molecule has 5 nitrogen and oxygen atoms in total. The zero-order valence-corrected chi connectivity index (χ0v) is 9.80. The normalized spacial score (nSPS) is 12.7. The van der Waals surface area contributed by atoms with Gasteiger partial charge in [-0.25, -0.2) is 9.97 Å². The molecule has 18 heavy (non-hydrogen) atoms. The third-order valence-electron chi connectivity index (χ3n) is 2.80. The zero-order chi connectivity index (χ0) is 12.4. The van der Waals surface area contributed by atoms with Crippen molar-refractivity contribution in [2.24, 2.45) is 0 Å². The SMILES string of the molecule is Nc1cnc(CCc2ccc3c(c2)OCO3)nc1. The number of aryl methyl sites for hydroxylation is 2. The number of nitrogens with zero attached hydrogens (tertiary/aromatic N) is 2. The van der Waals surface area contributed by atoms with Crippen LogP contribution in [0.3, 0.4) is 0 Å². The van der Waals surface area contributed by atoms with E-state index < -0.39 is 0 Å². The minimum atomic E-state index is 0.305. The molecule has 1 aromatic heterocycles. The molecule has 1 aromatic carbocycles. The van der Waals surface area contributed by atoms with Crippen molar-refractivity contribution in [1.82, 2.24) is 9.97 Å². The van der Waals surface area contributed by atoms with E-state index in [1.807, 2.05) is 18.2 Å². The van der Waals surface area contributed by atoms with Crippen molar-refractivity contribution in [2.75, 3.05) is 12.5 Å². The van der Waals surface area contributed by atoms with Crippen LogP contribution in [0.25, 0.3) is 0 Å². The molecule has 0 atom stereocenters. The van der Waals surface area contributed by atoms with E-state index in [-0.39, 0.29) is 0 Å². The number of anilines is 1. The van der Waals surface area contributed by atoms with Crippen LogP contribution in [0.4, 0.5) is 5.69 Å². The van der Waals surface area contributed by atoms with Crippen LogP contribution in [0.1, 0.15) is 11.4 Å². The Morgan fingerprint density at radius 1 is 1.06 bits per heavy atom. The monoisotopic (exact) mass is 243 g/mol. The molecule has 0 saturated carbocycles. The van der Waals surface area contributed by atoms with E-state index in [1.54, 1.807) is 12.4 Å². The smallest absolute Gasteiger partial charge is 0.231 e. The second-order valence-electron chi connectivity index (χ2n) is 4.12. The van der Waals surface area contributed by atoms with E-state index in [4.69, 9.17) is 15.2 Å². The Bertz CT molecular complexity index is 555. The fourth-order valence-corrected chi connectivity index (χ4v) is 1.85. The molecule has 0 aliphatic carbocycles. The lowest BCUT2D eigenvalue weighted by Crippen LogP contribution is -1.99. The molecule has 0 unspecified atom stereocenters. The van der Waals surface area contributed by atoms with Crippen LogP contribution in [-0.2, 0) is 12.8 Å². The maximum Gasteiger partial charge on any atom is 0.231 e. The number of nitrogen functional groups attached to an aromatic ring is 1. The Kier molecular flexibility index (Phi) is 2.72. The van der Waals surface area contributed by atoms with Gasteiger partial charge in [0.1, 0.15) is 5.82 Å². The van der Waals surface area contributed by atoms with Gasteiger partial charge in [0.05, 0.1) is 18.1 Å². The summed E-state index contributed by atoms with van der Waals surface area (Å²) in [5, 5.41) is 0. The molecule has 0 fully saturated rings. The predicted octanol–water partition coefficient (Wildman–Crippen LogP) is 1.57. The first-order chi connectivity index (χ1) is 8.81. The molecule has 2 N–H and O–H groups in total. The molecule has 2 aromatic rings. The topological polar surface area (TPSA) is 70.3 Å². The van der Waals surface area contributed by atoms with Crippen LogP contribution in [0.15, 0.2) is 30.6 Å². The van der Waals surface area contributed by atoms with Gasteiger partial charge in [0.2, 0.25) is 6.79 Å². The molecular weight excluding hydrogens is 230 g/mol. The van der Waals surface area contributed by atoms with E-state index in [1.165, 1.54) is 5.56 Å². The van der Waals surface area contributed by atoms with Gasteiger partial charge in [-0.1, -0.05) is 6.07 Å². The largest absolute Gasteiger partial charge is 0.454 e. The highest BCUT2D eigenvalue weighted by molar-refractivity contribution is 5.44. The van der Waals surface area contributed by atoms with E-state index in [0.29, 0.717) is 12.5 Å². The van der Waals surface area contributed by atoms with Gasteiger partial charge in [0.15, 0.2) is 11.5 Å². The average molecular weight is 243 g/mol. The van der Waals surface area contributed by atoms with Crippen molar-refractivity contribution in [1.29, 1.82) is 0 Å². The summed E-state index contributed by atoms with van der Waals surface area (Å²) in [6.07, 6.45) is 4.89. The highest BCUT2D eigenvalue weighted by atomic mass is 16.7. The fraction of sp³-hybridized carbons (Fsp3) is 0.231. The molecular formula is C13H13N3O2. The number of benzene rings is 1. The Hall–Kier alpha value is -2.30.